The van der Waals surface area contributed by atoms with Crippen molar-refractivity contribution in [2.75, 3.05) is 30.8 Å². The average Bonchev–Trinajstić information content (AvgIpc) is 3.41. The molecular formula is C23H25F5N6S. The highest BCUT2D eigenvalue weighted by Gasteiger charge is 2.44. The van der Waals surface area contributed by atoms with E-state index in [-0.39, 0.29) is 11.2 Å². The van der Waals surface area contributed by atoms with E-state index in [2.05, 4.69) is 30.5 Å². The number of fused-ring (bicyclic) bond motifs is 1. The summed E-state index contributed by atoms with van der Waals surface area (Å²) in [4.78, 5) is 11.3. The van der Waals surface area contributed by atoms with Gasteiger partial charge in [-0.05, 0) is 32.1 Å². The lowest BCUT2D eigenvalue weighted by molar-refractivity contribution is -0.140. The summed E-state index contributed by atoms with van der Waals surface area (Å²) < 4.78 is 73.2. The van der Waals surface area contributed by atoms with Gasteiger partial charge in [-0.25, -0.2) is 22.8 Å². The van der Waals surface area contributed by atoms with E-state index in [4.69, 9.17) is 0 Å². The van der Waals surface area contributed by atoms with E-state index >= 15 is 0 Å². The standard InChI is InChI=1S/C23H25F5N6S/c1-13-17(24)14(10-16(18(13)25)23(26,27)28)19-15-11-29-21(30-20(15)32(2)31-19)33-8-9-34(35-3)22(12-33)6-4-5-7-22/h10-11H,4-9,12H2,1-3H3. The van der Waals surface area contributed by atoms with Crippen LogP contribution < -0.4 is 4.90 Å². The Balaban J connectivity index is 1.56. The molecule has 0 radical (unpaired) electrons. The SMILES string of the molecule is CSN1CCN(c2ncc3c(-c4cc(C(F)(F)F)c(F)c(C)c4F)nn(C)c3n2)CC12CCCC2. The summed E-state index contributed by atoms with van der Waals surface area (Å²) in [7, 11) is 1.59. The van der Waals surface area contributed by atoms with Gasteiger partial charge in [-0.15, -0.1) is 0 Å². The van der Waals surface area contributed by atoms with Crippen LogP contribution >= 0.6 is 11.9 Å². The molecule has 0 atom stereocenters. The molecule has 5 rings (SSSR count). The molecule has 0 unspecified atom stereocenters. The van der Waals surface area contributed by atoms with Gasteiger partial charge in [0.05, 0.1) is 10.9 Å². The molecule has 2 fully saturated rings. The van der Waals surface area contributed by atoms with Crippen LogP contribution in [0.1, 0.15) is 36.8 Å². The number of hydrogen-bond acceptors (Lipinski definition) is 6. The third kappa shape index (κ3) is 3.94. The Labute approximate surface area is 203 Å². The van der Waals surface area contributed by atoms with Gasteiger partial charge in [0.25, 0.3) is 0 Å². The first kappa shape index (κ1) is 24.2. The minimum Gasteiger partial charge on any atom is -0.338 e. The molecule has 3 aromatic rings. The molecule has 0 N–H and O–H groups in total. The summed E-state index contributed by atoms with van der Waals surface area (Å²) in [5.74, 6) is -2.20. The Morgan fingerprint density at radius 2 is 1.80 bits per heavy atom. The molecule has 1 saturated carbocycles. The minimum atomic E-state index is -4.97. The lowest BCUT2D eigenvalue weighted by Gasteiger charge is -2.48. The summed E-state index contributed by atoms with van der Waals surface area (Å²) in [6, 6.07) is 0.471. The van der Waals surface area contributed by atoms with Crippen LogP contribution in [0.2, 0.25) is 0 Å². The van der Waals surface area contributed by atoms with Crippen LogP contribution in [0.3, 0.4) is 0 Å². The largest absolute Gasteiger partial charge is 0.419 e. The van der Waals surface area contributed by atoms with Crippen LogP contribution in [-0.2, 0) is 13.2 Å². The molecule has 1 saturated heterocycles. The molecule has 0 bridgehead atoms. The molecule has 2 aromatic heterocycles. The third-order valence-electron chi connectivity index (χ3n) is 7.17. The number of aromatic nitrogens is 4. The zero-order valence-corrected chi connectivity index (χ0v) is 20.4. The van der Waals surface area contributed by atoms with Gasteiger partial charge < -0.3 is 4.90 Å². The van der Waals surface area contributed by atoms with Gasteiger partial charge in [0.1, 0.15) is 17.3 Å². The number of hydrogen-bond donors (Lipinski definition) is 0. The Bertz CT molecular complexity index is 1280. The Hall–Kier alpha value is -2.47. The second-order valence-corrected chi connectivity index (χ2v) is 10.0. The van der Waals surface area contributed by atoms with Crippen molar-refractivity contribution in [3.05, 3.63) is 35.0 Å². The van der Waals surface area contributed by atoms with Crippen LogP contribution in [0.5, 0.6) is 0 Å². The second-order valence-electron chi connectivity index (χ2n) is 9.24. The van der Waals surface area contributed by atoms with Gasteiger partial charge in [0, 0.05) is 49.5 Å². The summed E-state index contributed by atoms with van der Waals surface area (Å²) >= 11 is 1.76. The third-order valence-corrected chi connectivity index (χ3v) is 8.18. The smallest absolute Gasteiger partial charge is 0.338 e. The van der Waals surface area contributed by atoms with Crippen molar-refractivity contribution in [2.24, 2.45) is 7.05 Å². The van der Waals surface area contributed by atoms with Crippen molar-refractivity contribution in [1.82, 2.24) is 24.1 Å². The van der Waals surface area contributed by atoms with Gasteiger partial charge in [0.15, 0.2) is 5.65 Å². The van der Waals surface area contributed by atoms with E-state index in [9.17, 15) is 22.0 Å². The summed E-state index contributed by atoms with van der Waals surface area (Å²) in [5, 5.41) is 4.55. The molecule has 3 heterocycles. The van der Waals surface area contributed by atoms with Crippen molar-refractivity contribution in [3.63, 3.8) is 0 Å². The van der Waals surface area contributed by atoms with E-state index in [1.54, 1.807) is 19.0 Å². The Morgan fingerprint density at radius 3 is 2.46 bits per heavy atom. The topological polar surface area (TPSA) is 50.1 Å². The number of aryl methyl sites for hydroxylation is 1. The Morgan fingerprint density at radius 1 is 1.09 bits per heavy atom. The zero-order valence-electron chi connectivity index (χ0n) is 19.6. The van der Waals surface area contributed by atoms with Crippen molar-refractivity contribution in [3.8, 4) is 11.3 Å². The average molecular weight is 513 g/mol. The fraction of sp³-hybridized carbons (Fsp3) is 0.522. The highest BCUT2D eigenvalue weighted by molar-refractivity contribution is 7.96. The number of anilines is 1. The van der Waals surface area contributed by atoms with E-state index in [0.717, 1.165) is 39.4 Å². The maximum atomic E-state index is 15.0. The normalized spacial score (nSPS) is 18.8. The minimum absolute atomic E-state index is 0.0559. The molecule has 1 aliphatic heterocycles. The number of piperazine rings is 1. The highest BCUT2D eigenvalue weighted by Crippen LogP contribution is 2.42. The van der Waals surface area contributed by atoms with Crippen LogP contribution in [0.15, 0.2) is 12.3 Å². The first-order valence-corrected chi connectivity index (χ1v) is 12.6. The number of halogens is 5. The predicted molar refractivity (Wildman–Crippen MR) is 125 cm³/mol. The number of rotatable bonds is 3. The van der Waals surface area contributed by atoms with E-state index in [1.807, 2.05) is 0 Å². The van der Waals surface area contributed by atoms with E-state index in [0.29, 0.717) is 23.0 Å². The summed E-state index contributed by atoms with van der Waals surface area (Å²) in [5.41, 5.74) is -2.30. The van der Waals surface area contributed by atoms with Crippen LogP contribution in [0.25, 0.3) is 22.3 Å². The van der Waals surface area contributed by atoms with Gasteiger partial charge in [-0.1, -0.05) is 24.8 Å². The summed E-state index contributed by atoms with van der Waals surface area (Å²) in [6.07, 6.45) is 3.15. The quantitative estimate of drug-likeness (QED) is 0.349. The number of alkyl halides is 3. The molecule has 12 heteroatoms. The lowest BCUT2D eigenvalue weighted by atomic mass is 9.94. The van der Waals surface area contributed by atoms with Gasteiger partial charge in [-0.3, -0.25) is 0 Å². The van der Waals surface area contributed by atoms with Crippen molar-refractivity contribution >= 4 is 28.9 Å². The maximum absolute atomic E-state index is 15.0. The maximum Gasteiger partial charge on any atom is 0.419 e. The number of nitrogens with zero attached hydrogens (tertiary/aromatic N) is 6. The van der Waals surface area contributed by atoms with E-state index in [1.165, 1.54) is 23.7 Å². The van der Waals surface area contributed by atoms with Gasteiger partial charge in [0.2, 0.25) is 5.95 Å². The second kappa shape index (κ2) is 8.58. The van der Waals surface area contributed by atoms with Gasteiger partial charge in [-0.2, -0.15) is 23.3 Å². The summed E-state index contributed by atoms with van der Waals surface area (Å²) in [6.45, 7) is 3.36. The predicted octanol–water partition coefficient (Wildman–Crippen LogP) is 5.35. The van der Waals surface area contributed by atoms with Crippen LogP contribution in [0.4, 0.5) is 27.9 Å². The van der Waals surface area contributed by atoms with E-state index < -0.39 is 34.5 Å². The molecular weight excluding hydrogens is 487 g/mol. The lowest BCUT2D eigenvalue weighted by Crippen LogP contribution is -2.58. The van der Waals surface area contributed by atoms with Crippen LogP contribution in [0, 0.1) is 18.6 Å². The van der Waals surface area contributed by atoms with Crippen molar-refractivity contribution in [2.45, 2.75) is 44.3 Å². The van der Waals surface area contributed by atoms with Crippen molar-refractivity contribution < 1.29 is 22.0 Å². The first-order valence-electron chi connectivity index (χ1n) is 11.4. The molecule has 1 spiro atoms. The first-order chi connectivity index (χ1) is 16.6. The number of benzene rings is 1. The zero-order chi connectivity index (χ0) is 25.1. The molecule has 2 aliphatic rings. The van der Waals surface area contributed by atoms with Crippen LogP contribution in [-0.4, -0.2) is 55.5 Å². The highest BCUT2D eigenvalue weighted by atomic mass is 32.2. The monoisotopic (exact) mass is 512 g/mol. The fourth-order valence-corrected chi connectivity index (χ4v) is 6.28. The molecule has 35 heavy (non-hydrogen) atoms. The molecule has 0 amide bonds. The fourth-order valence-electron chi connectivity index (χ4n) is 5.39. The molecule has 1 aliphatic carbocycles. The van der Waals surface area contributed by atoms with Gasteiger partial charge >= 0.3 is 6.18 Å². The molecule has 6 nitrogen and oxygen atoms in total. The van der Waals surface area contributed by atoms with Crippen molar-refractivity contribution in [1.29, 1.82) is 0 Å². The molecule has 1 aromatic carbocycles. The Kier molecular flexibility index (Phi) is 5.94. The molecule has 188 valence electrons.